The maximum atomic E-state index is 12.8. The standard InChI is InChI=1S/C13H15F3N2O4S2/c1-22-12(19)10-8-9(13(14,15)16)2-3-11(10)17-24(20,21)18-4-6-23-7-5-18/h2-3,8,17H,4-7H2,1H3. The van der Waals surface area contributed by atoms with E-state index in [1.54, 1.807) is 11.8 Å². The Bertz CT molecular complexity index is 716. The number of ether oxygens (including phenoxy) is 1. The fourth-order valence-electron chi connectivity index (χ4n) is 2.08. The molecule has 0 bridgehead atoms. The van der Waals surface area contributed by atoms with E-state index in [0.29, 0.717) is 23.6 Å². The molecule has 1 saturated heterocycles. The molecule has 0 spiro atoms. The molecule has 6 nitrogen and oxygen atoms in total. The van der Waals surface area contributed by atoms with Crippen molar-refractivity contribution >= 4 is 33.6 Å². The summed E-state index contributed by atoms with van der Waals surface area (Å²) in [6.45, 7) is 0.572. The molecule has 1 fully saturated rings. The van der Waals surface area contributed by atoms with Crippen LogP contribution >= 0.6 is 11.8 Å². The molecule has 11 heteroatoms. The number of hydrogen-bond acceptors (Lipinski definition) is 5. The van der Waals surface area contributed by atoms with Crippen molar-refractivity contribution in [1.29, 1.82) is 0 Å². The summed E-state index contributed by atoms with van der Waals surface area (Å²) in [5.74, 6) is 0.184. The van der Waals surface area contributed by atoms with E-state index in [4.69, 9.17) is 0 Å². The van der Waals surface area contributed by atoms with Crippen LogP contribution in [0.5, 0.6) is 0 Å². The molecule has 0 aromatic heterocycles. The highest BCUT2D eigenvalue weighted by atomic mass is 32.2. The monoisotopic (exact) mass is 384 g/mol. The van der Waals surface area contributed by atoms with Gasteiger partial charge in [-0.25, -0.2) is 4.79 Å². The van der Waals surface area contributed by atoms with Crippen molar-refractivity contribution in [3.8, 4) is 0 Å². The first-order valence-electron chi connectivity index (χ1n) is 6.80. The number of benzene rings is 1. The van der Waals surface area contributed by atoms with Gasteiger partial charge in [0.05, 0.1) is 23.9 Å². The minimum atomic E-state index is -4.66. The van der Waals surface area contributed by atoms with Gasteiger partial charge in [-0.05, 0) is 18.2 Å². The highest BCUT2D eigenvalue weighted by Gasteiger charge is 2.33. The Kier molecular flexibility index (Phi) is 5.66. The molecular formula is C13H15F3N2O4S2. The van der Waals surface area contributed by atoms with Gasteiger partial charge in [-0.2, -0.15) is 37.7 Å². The van der Waals surface area contributed by atoms with E-state index >= 15 is 0 Å². The van der Waals surface area contributed by atoms with Crippen molar-refractivity contribution < 1.29 is 31.1 Å². The summed E-state index contributed by atoms with van der Waals surface area (Å²) in [4.78, 5) is 11.7. The van der Waals surface area contributed by atoms with Gasteiger partial charge >= 0.3 is 22.4 Å². The predicted octanol–water partition coefficient (Wildman–Crippen LogP) is 2.20. The van der Waals surface area contributed by atoms with Crippen molar-refractivity contribution in [1.82, 2.24) is 4.31 Å². The fraction of sp³-hybridized carbons (Fsp3) is 0.462. The van der Waals surface area contributed by atoms with Gasteiger partial charge in [0.2, 0.25) is 0 Å². The van der Waals surface area contributed by atoms with E-state index in [0.717, 1.165) is 13.2 Å². The number of carbonyl (C=O) groups is 1. The number of thioether (sulfide) groups is 1. The van der Waals surface area contributed by atoms with Gasteiger partial charge in [0.25, 0.3) is 0 Å². The molecular weight excluding hydrogens is 369 g/mol. The van der Waals surface area contributed by atoms with Gasteiger partial charge in [0.15, 0.2) is 0 Å². The number of esters is 1. The summed E-state index contributed by atoms with van der Waals surface area (Å²) < 4.78 is 70.8. The smallest absolute Gasteiger partial charge is 0.416 e. The predicted molar refractivity (Wildman–Crippen MR) is 84.2 cm³/mol. The Morgan fingerprint density at radius 1 is 1.29 bits per heavy atom. The first kappa shape index (κ1) is 18.9. The maximum Gasteiger partial charge on any atom is 0.416 e. The molecule has 1 heterocycles. The maximum absolute atomic E-state index is 12.8. The minimum Gasteiger partial charge on any atom is -0.465 e. The fourth-order valence-corrected chi connectivity index (χ4v) is 4.46. The first-order chi connectivity index (χ1) is 11.1. The van der Waals surface area contributed by atoms with Gasteiger partial charge in [0.1, 0.15) is 0 Å². The molecule has 1 aromatic rings. The molecule has 0 aliphatic carbocycles. The van der Waals surface area contributed by atoms with Gasteiger partial charge in [-0.15, -0.1) is 0 Å². The average Bonchev–Trinajstić information content (AvgIpc) is 2.54. The number of alkyl halides is 3. The van der Waals surface area contributed by atoms with E-state index in [-0.39, 0.29) is 18.8 Å². The molecule has 1 aliphatic heterocycles. The SMILES string of the molecule is COC(=O)c1cc(C(F)(F)F)ccc1NS(=O)(=O)N1CCSCC1. The van der Waals surface area contributed by atoms with Crippen LogP contribution in [0.25, 0.3) is 0 Å². The number of rotatable bonds is 4. The number of carbonyl (C=O) groups excluding carboxylic acids is 1. The van der Waals surface area contributed by atoms with Crippen molar-refractivity contribution in [2.24, 2.45) is 0 Å². The molecule has 0 amide bonds. The summed E-state index contributed by atoms with van der Waals surface area (Å²) in [5, 5.41) is 0. The highest BCUT2D eigenvalue weighted by molar-refractivity contribution is 7.99. The Morgan fingerprint density at radius 2 is 1.92 bits per heavy atom. The molecule has 1 aromatic carbocycles. The van der Waals surface area contributed by atoms with Gasteiger partial charge < -0.3 is 4.74 Å². The number of halogens is 3. The van der Waals surface area contributed by atoms with E-state index in [2.05, 4.69) is 9.46 Å². The van der Waals surface area contributed by atoms with Crippen LogP contribution in [-0.2, 0) is 21.1 Å². The third-order valence-electron chi connectivity index (χ3n) is 3.30. The normalized spacial score (nSPS) is 16.7. The highest BCUT2D eigenvalue weighted by Crippen LogP contribution is 2.32. The van der Waals surface area contributed by atoms with Gasteiger partial charge in [-0.1, -0.05) is 0 Å². The summed E-state index contributed by atoms with van der Waals surface area (Å²) in [5.41, 5.74) is -1.82. The quantitative estimate of drug-likeness (QED) is 0.806. The van der Waals surface area contributed by atoms with Crippen LogP contribution in [0.4, 0.5) is 18.9 Å². The van der Waals surface area contributed by atoms with Crippen LogP contribution < -0.4 is 4.72 Å². The van der Waals surface area contributed by atoms with Crippen LogP contribution in [-0.4, -0.2) is 50.4 Å². The second-order valence-electron chi connectivity index (χ2n) is 4.87. The van der Waals surface area contributed by atoms with E-state index in [1.165, 1.54) is 4.31 Å². The van der Waals surface area contributed by atoms with Crippen LogP contribution in [0.15, 0.2) is 18.2 Å². The van der Waals surface area contributed by atoms with Crippen LogP contribution in [0.1, 0.15) is 15.9 Å². The summed E-state index contributed by atoms with van der Waals surface area (Å²) >= 11 is 1.60. The number of methoxy groups -OCH3 is 1. The van der Waals surface area contributed by atoms with E-state index in [1.807, 2.05) is 0 Å². The Morgan fingerprint density at radius 3 is 2.46 bits per heavy atom. The van der Waals surface area contributed by atoms with Crippen molar-refractivity contribution in [2.45, 2.75) is 6.18 Å². The average molecular weight is 384 g/mol. The molecule has 0 radical (unpaired) electrons. The molecule has 1 N–H and O–H groups in total. The minimum absolute atomic E-state index is 0.256. The first-order valence-corrected chi connectivity index (χ1v) is 9.40. The largest absolute Gasteiger partial charge is 0.465 e. The zero-order valence-corrected chi connectivity index (χ0v) is 14.2. The third kappa shape index (κ3) is 4.33. The van der Waals surface area contributed by atoms with E-state index in [9.17, 15) is 26.4 Å². The van der Waals surface area contributed by atoms with Crippen molar-refractivity contribution in [3.63, 3.8) is 0 Å². The lowest BCUT2D eigenvalue weighted by Gasteiger charge is -2.26. The Hall–Kier alpha value is -1.46. The zero-order valence-electron chi connectivity index (χ0n) is 12.6. The lowest BCUT2D eigenvalue weighted by molar-refractivity contribution is -0.137. The number of nitrogens with zero attached hydrogens (tertiary/aromatic N) is 1. The number of anilines is 1. The van der Waals surface area contributed by atoms with Crippen LogP contribution in [0.2, 0.25) is 0 Å². The number of nitrogens with one attached hydrogen (secondary N) is 1. The van der Waals surface area contributed by atoms with Gasteiger partial charge in [0, 0.05) is 24.6 Å². The van der Waals surface area contributed by atoms with Crippen molar-refractivity contribution in [2.75, 3.05) is 36.4 Å². The van der Waals surface area contributed by atoms with Crippen molar-refractivity contribution in [3.05, 3.63) is 29.3 Å². The second-order valence-corrected chi connectivity index (χ2v) is 7.76. The Labute approximate surface area is 141 Å². The lowest BCUT2D eigenvalue weighted by atomic mass is 10.1. The summed E-state index contributed by atoms with van der Waals surface area (Å²) in [7, 11) is -2.97. The van der Waals surface area contributed by atoms with E-state index < -0.39 is 33.5 Å². The lowest BCUT2D eigenvalue weighted by Crippen LogP contribution is -2.41. The molecule has 0 unspecified atom stereocenters. The number of hydrogen-bond donors (Lipinski definition) is 1. The topological polar surface area (TPSA) is 75.7 Å². The Balaban J connectivity index is 2.36. The molecule has 0 saturated carbocycles. The van der Waals surface area contributed by atoms with Crippen LogP contribution in [0.3, 0.4) is 0 Å². The molecule has 0 atom stereocenters. The third-order valence-corrected chi connectivity index (χ3v) is 5.77. The summed E-state index contributed by atoms with van der Waals surface area (Å²) in [6, 6.07) is 2.18. The summed E-state index contributed by atoms with van der Waals surface area (Å²) in [6.07, 6.45) is -4.66. The molecule has 1 aliphatic rings. The molecule has 134 valence electrons. The van der Waals surface area contributed by atoms with Gasteiger partial charge in [-0.3, -0.25) is 4.72 Å². The van der Waals surface area contributed by atoms with Crippen LogP contribution in [0, 0.1) is 0 Å². The molecule has 24 heavy (non-hydrogen) atoms. The molecule has 2 rings (SSSR count). The second kappa shape index (κ2) is 7.19. The zero-order chi connectivity index (χ0) is 18.0.